The summed E-state index contributed by atoms with van der Waals surface area (Å²) in [5, 5.41) is 2.02. The van der Waals surface area contributed by atoms with Crippen molar-refractivity contribution in [2.24, 2.45) is 0 Å². The summed E-state index contributed by atoms with van der Waals surface area (Å²) in [4.78, 5) is 12.2. The minimum absolute atomic E-state index is 0.0152. The van der Waals surface area contributed by atoms with Gasteiger partial charge in [0.2, 0.25) is 5.78 Å². The van der Waals surface area contributed by atoms with Crippen LogP contribution >= 0.6 is 22.9 Å². The Morgan fingerprint density at radius 2 is 2.12 bits per heavy atom. The second-order valence-electron chi connectivity index (χ2n) is 3.17. The minimum Gasteiger partial charge on any atom is -0.399 e. The summed E-state index contributed by atoms with van der Waals surface area (Å²) in [6, 6.07) is 5.57. The first kappa shape index (κ1) is 11.1. The van der Waals surface area contributed by atoms with Crippen molar-refractivity contribution in [1.82, 2.24) is 0 Å². The average Bonchev–Trinajstić information content (AvgIpc) is 2.63. The van der Waals surface area contributed by atoms with Gasteiger partial charge in [0.1, 0.15) is 5.82 Å². The SMILES string of the molecule is Nc1ccc(C(=O)c2sccc2Cl)c(F)c1. The van der Waals surface area contributed by atoms with Crippen LogP contribution in [0.3, 0.4) is 0 Å². The predicted octanol–water partition coefficient (Wildman–Crippen LogP) is 3.35. The van der Waals surface area contributed by atoms with Crippen molar-refractivity contribution in [2.75, 3.05) is 5.73 Å². The number of benzene rings is 1. The first-order valence-electron chi connectivity index (χ1n) is 4.42. The van der Waals surface area contributed by atoms with Gasteiger partial charge in [-0.2, -0.15) is 0 Å². The molecule has 0 bridgehead atoms. The Morgan fingerprint density at radius 1 is 1.38 bits per heavy atom. The van der Waals surface area contributed by atoms with Gasteiger partial charge >= 0.3 is 0 Å². The Hall–Kier alpha value is -1.39. The molecule has 0 aliphatic carbocycles. The van der Waals surface area contributed by atoms with Crippen LogP contribution in [0, 0.1) is 5.82 Å². The van der Waals surface area contributed by atoms with Crippen LogP contribution in [0.1, 0.15) is 15.2 Å². The highest BCUT2D eigenvalue weighted by Crippen LogP contribution is 2.26. The van der Waals surface area contributed by atoms with Gasteiger partial charge in [-0.25, -0.2) is 4.39 Å². The molecule has 2 nitrogen and oxygen atoms in total. The van der Waals surface area contributed by atoms with Gasteiger partial charge in [0, 0.05) is 5.69 Å². The third kappa shape index (κ3) is 1.94. The number of hydrogen-bond donors (Lipinski definition) is 1. The number of thiophene rings is 1. The predicted molar refractivity (Wildman–Crippen MR) is 63.6 cm³/mol. The van der Waals surface area contributed by atoms with Gasteiger partial charge < -0.3 is 5.73 Å². The summed E-state index contributed by atoms with van der Waals surface area (Å²) in [6.45, 7) is 0. The van der Waals surface area contributed by atoms with Crippen molar-refractivity contribution >= 4 is 34.4 Å². The first-order chi connectivity index (χ1) is 7.59. The van der Waals surface area contributed by atoms with E-state index in [1.807, 2.05) is 0 Å². The Balaban J connectivity index is 2.46. The van der Waals surface area contributed by atoms with Crippen molar-refractivity contribution < 1.29 is 9.18 Å². The lowest BCUT2D eigenvalue weighted by Crippen LogP contribution is -2.03. The fraction of sp³-hybridized carbons (Fsp3) is 0. The smallest absolute Gasteiger partial charge is 0.207 e. The number of hydrogen-bond acceptors (Lipinski definition) is 3. The molecule has 0 amide bonds. The molecular formula is C11H7ClFNOS. The molecule has 0 atom stereocenters. The van der Waals surface area contributed by atoms with E-state index in [1.54, 1.807) is 11.4 Å². The highest BCUT2D eigenvalue weighted by molar-refractivity contribution is 7.13. The molecule has 5 heteroatoms. The second kappa shape index (κ2) is 4.23. The Kier molecular flexibility index (Phi) is 2.94. The van der Waals surface area contributed by atoms with Crippen LogP contribution < -0.4 is 5.73 Å². The minimum atomic E-state index is -0.630. The van der Waals surface area contributed by atoms with Crippen LogP contribution in [0.5, 0.6) is 0 Å². The highest BCUT2D eigenvalue weighted by atomic mass is 35.5. The van der Waals surface area contributed by atoms with Crippen molar-refractivity contribution in [2.45, 2.75) is 0 Å². The lowest BCUT2D eigenvalue weighted by atomic mass is 10.1. The van der Waals surface area contributed by atoms with Crippen molar-refractivity contribution in [1.29, 1.82) is 0 Å². The normalized spacial score (nSPS) is 10.4. The maximum atomic E-state index is 13.5. The molecule has 0 radical (unpaired) electrons. The summed E-state index contributed by atoms with van der Waals surface area (Å²) in [5.41, 5.74) is 5.67. The van der Waals surface area contributed by atoms with Crippen LogP contribution in [0.4, 0.5) is 10.1 Å². The molecule has 0 saturated carbocycles. The molecule has 0 spiro atoms. The van der Waals surface area contributed by atoms with E-state index in [2.05, 4.69) is 0 Å². The number of halogens is 2. The van der Waals surface area contributed by atoms with Crippen molar-refractivity contribution in [3.63, 3.8) is 0 Å². The Bertz CT molecular complexity index is 553. The van der Waals surface area contributed by atoms with E-state index in [0.717, 1.165) is 6.07 Å². The van der Waals surface area contributed by atoms with E-state index in [4.69, 9.17) is 17.3 Å². The molecule has 0 aliphatic rings. The molecule has 2 N–H and O–H groups in total. The van der Waals surface area contributed by atoms with Crippen LogP contribution in [0.25, 0.3) is 0 Å². The van der Waals surface area contributed by atoms with Crippen molar-refractivity contribution in [3.05, 3.63) is 50.9 Å². The third-order valence-electron chi connectivity index (χ3n) is 2.06. The molecule has 2 rings (SSSR count). The van der Waals surface area contributed by atoms with Crippen LogP contribution in [-0.4, -0.2) is 5.78 Å². The maximum absolute atomic E-state index is 13.5. The van der Waals surface area contributed by atoms with Gasteiger partial charge in [-0.05, 0) is 29.6 Å². The molecule has 0 saturated heterocycles. The van der Waals surface area contributed by atoms with Gasteiger partial charge in [-0.3, -0.25) is 4.79 Å². The first-order valence-corrected chi connectivity index (χ1v) is 5.68. The van der Waals surface area contributed by atoms with Gasteiger partial charge in [-0.1, -0.05) is 11.6 Å². The number of nitrogens with two attached hydrogens (primary N) is 1. The maximum Gasteiger partial charge on any atom is 0.207 e. The average molecular weight is 256 g/mol. The van der Waals surface area contributed by atoms with E-state index >= 15 is 0 Å². The Morgan fingerprint density at radius 3 is 2.69 bits per heavy atom. The van der Waals surface area contributed by atoms with Gasteiger partial charge in [0.25, 0.3) is 0 Å². The van der Waals surface area contributed by atoms with E-state index < -0.39 is 11.6 Å². The molecule has 16 heavy (non-hydrogen) atoms. The summed E-state index contributed by atoms with van der Waals surface area (Å²) in [5.74, 6) is -1.05. The lowest BCUT2D eigenvalue weighted by Gasteiger charge is -2.02. The topological polar surface area (TPSA) is 43.1 Å². The molecule has 1 heterocycles. The van der Waals surface area contributed by atoms with E-state index in [-0.39, 0.29) is 11.3 Å². The van der Waals surface area contributed by atoms with Gasteiger partial charge in [0.05, 0.1) is 15.5 Å². The summed E-state index contributed by atoms with van der Waals surface area (Å²) in [7, 11) is 0. The number of nitrogen functional groups attached to an aromatic ring is 1. The van der Waals surface area contributed by atoms with Gasteiger partial charge in [0.15, 0.2) is 0 Å². The summed E-state index contributed by atoms with van der Waals surface area (Å²) < 4.78 is 13.5. The number of carbonyl (C=O) groups excluding carboxylic acids is 1. The monoisotopic (exact) mass is 255 g/mol. The third-order valence-corrected chi connectivity index (χ3v) is 3.40. The molecule has 0 aliphatic heterocycles. The Labute approximate surface area is 100 Å². The molecule has 1 aromatic heterocycles. The quantitative estimate of drug-likeness (QED) is 0.661. The summed E-state index contributed by atoms with van der Waals surface area (Å²) >= 11 is 7.00. The largest absolute Gasteiger partial charge is 0.399 e. The van der Waals surface area contributed by atoms with Crippen LogP contribution in [0.15, 0.2) is 29.6 Å². The van der Waals surface area contributed by atoms with E-state index in [1.165, 1.54) is 23.5 Å². The highest BCUT2D eigenvalue weighted by Gasteiger charge is 2.17. The molecule has 2 aromatic rings. The van der Waals surface area contributed by atoms with E-state index in [9.17, 15) is 9.18 Å². The number of ketones is 1. The molecule has 0 fully saturated rings. The second-order valence-corrected chi connectivity index (χ2v) is 4.49. The number of anilines is 1. The van der Waals surface area contributed by atoms with Gasteiger partial charge in [-0.15, -0.1) is 11.3 Å². The number of carbonyl (C=O) groups is 1. The standard InChI is InChI=1S/C11H7ClFNOS/c12-8-3-4-16-11(8)10(15)7-2-1-6(14)5-9(7)13/h1-5H,14H2. The van der Waals surface area contributed by atoms with E-state index in [0.29, 0.717) is 9.90 Å². The number of rotatable bonds is 2. The van der Waals surface area contributed by atoms with Crippen LogP contribution in [0.2, 0.25) is 5.02 Å². The molecule has 1 aromatic carbocycles. The fourth-order valence-electron chi connectivity index (χ4n) is 1.29. The zero-order valence-corrected chi connectivity index (χ0v) is 9.61. The molecule has 82 valence electrons. The van der Waals surface area contributed by atoms with Crippen LogP contribution in [-0.2, 0) is 0 Å². The summed E-state index contributed by atoms with van der Waals surface area (Å²) in [6.07, 6.45) is 0. The van der Waals surface area contributed by atoms with Crippen molar-refractivity contribution in [3.8, 4) is 0 Å². The molecule has 0 unspecified atom stereocenters. The zero-order valence-electron chi connectivity index (χ0n) is 8.04. The zero-order chi connectivity index (χ0) is 11.7. The fourth-order valence-corrected chi connectivity index (χ4v) is 2.39. The lowest BCUT2D eigenvalue weighted by molar-refractivity contribution is 0.103. The molecular weight excluding hydrogens is 249 g/mol.